The first-order valence-electron chi connectivity index (χ1n) is 24.2. The molecule has 0 unspecified atom stereocenters. The Morgan fingerprint density at radius 2 is 1.14 bits per heavy atom. The Hall–Kier alpha value is -0.663. The van der Waals surface area contributed by atoms with Crippen LogP contribution >= 0.6 is 16.9 Å². The zero-order valence-electron chi connectivity index (χ0n) is 41.5. The van der Waals surface area contributed by atoms with E-state index in [9.17, 15) is 24.6 Å². The first-order valence-corrected chi connectivity index (χ1v) is 36.0. The minimum atomic E-state index is -2.24. The van der Waals surface area contributed by atoms with E-state index in [1.54, 1.807) is 0 Å². The van der Waals surface area contributed by atoms with Gasteiger partial charge in [-0.15, -0.1) is 11.8 Å². The number of allylic oxidation sites excluding steroid dienone is 2. The van der Waals surface area contributed by atoms with Gasteiger partial charge in [-0.05, 0) is 112 Å². The molecule has 0 aromatic carbocycles. The number of ketones is 1. The number of rotatable bonds is 22. The Morgan fingerprint density at radius 3 is 1.62 bits per heavy atom. The molecule has 4 rings (SSSR count). The van der Waals surface area contributed by atoms with Gasteiger partial charge in [-0.25, -0.2) is 0 Å². The molecule has 0 saturated heterocycles. The Balaban J connectivity index is 0.00000111. The molecule has 3 N–H and O–H groups in total. The molecule has 0 radical (unpaired) electrons. The predicted molar refractivity (Wildman–Crippen MR) is 266 cm³/mol. The molecule has 0 aliphatic heterocycles. The van der Waals surface area contributed by atoms with Gasteiger partial charge in [-0.1, -0.05) is 103 Å². The number of esters is 2. The molecule has 4 aliphatic rings. The zero-order chi connectivity index (χ0) is 48.0. The fourth-order valence-corrected chi connectivity index (χ4v) is 9.06. The quantitative estimate of drug-likeness (QED) is 0.0244. The van der Waals surface area contributed by atoms with Crippen LogP contribution in [-0.4, -0.2) is 66.6 Å². The van der Waals surface area contributed by atoms with Crippen molar-refractivity contribution in [3.05, 3.63) is 31.7 Å². The molecule has 4 fully saturated rings. The van der Waals surface area contributed by atoms with Crippen LogP contribution in [-0.2, 0) is 23.9 Å². The van der Waals surface area contributed by atoms with Crippen molar-refractivity contribution in [2.75, 3.05) is 21.3 Å². The van der Waals surface area contributed by atoms with E-state index in [4.69, 9.17) is 26.7 Å². The standard InChI is InChI=1S/C26H40O3.C25H40O4.CH4O.CH3.Ce.3ClH/c1-19(10-9-11-22-14-15-22)25(27)17-16-24-21(3)18-20(2)23(24)12-7-5-6-8-13-26(28)29-4;1-18(9-8-10-20-13-14-20)23(26)16-15-22-21(19(2)17-24(22)27)11-6-4-5-7-12-25(28)29-3;1-2;;;;;/h16-17,19-24H,5-8,10,12-15,18H2,1-4H3;15-16,18-24,26-27H,4-7,9,11-14,17H2,1-3H3;2H,1H3;1H3;;3*1H/q;;;-1;+3;;;/p-3/b17-16+;16-15+;;;;;;/t19-,20-,21+,23-,24-;18-,19-,21-,22+,23+,24+;;;;;;/m00....../s1. The summed E-state index contributed by atoms with van der Waals surface area (Å²) in [4.78, 5) is 34.8. The average Bonchev–Trinajstić information content (AvgIpc) is 4.21. The van der Waals surface area contributed by atoms with Crippen LogP contribution in [0, 0.1) is 127 Å². The number of aliphatic hydroxyl groups excluding tert-OH is 3. The average molecular weight is 1100 g/mol. The number of unbranched alkanes of at least 4 members (excludes halogenated alkanes) is 6. The predicted octanol–water partition coefficient (Wildman–Crippen LogP) is 12.6. The second-order valence-electron chi connectivity index (χ2n) is 18.8. The topological polar surface area (TPSA) is 130 Å². The molecular formula is C53H87CeCl3O8-. The summed E-state index contributed by atoms with van der Waals surface area (Å²) in [5, 5.41) is 28.0. The van der Waals surface area contributed by atoms with Crippen LogP contribution in [0.2, 0.25) is 0 Å². The first kappa shape index (κ1) is 64.3. The van der Waals surface area contributed by atoms with Gasteiger partial charge in [-0.2, -0.15) is 0 Å². The van der Waals surface area contributed by atoms with Crippen LogP contribution in [0.25, 0.3) is 0 Å². The van der Waals surface area contributed by atoms with Crippen LogP contribution in [0.15, 0.2) is 24.3 Å². The van der Waals surface area contributed by atoms with Gasteiger partial charge in [0.15, 0.2) is 5.78 Å². The maximum atomic E-state index is 12.5. The molecule has 11 atom stereocenters. The number of hydrogen-bond acceptors (Lipinski definition) is 8. The van der Waals surface area contributed by atoms with Gasteiger partial charge >= 0.3 is 59.5 Å². The van der Waals surface area contributed by atoms with E-state index in [-0.39, 0.29) is 49.0 Å². The molecule has 8 nitrogen and oxygen atoms in total. The van der Waals surface area contributed by atoms with E-state index in [1.807, 2.05) is 26.0 Å². The van der Waals surface area contributed by atoms with Crippen molar-refractivity contribution in [3.63, 3.8) is 0 Å². The monoisotopic (exact) mass is 1100 g/mol. The van der Waals surface area contributed by atoms with E-state index in [0.717, 1.165) is 64.9 Å². The van der Waals surface area contributed by atoms with Crippen LogP contribution < -0.4 is 0 Å². The van der Waals surface area contributed by atoms with Gasteiger partial charge in [0.2, 0.25) is 0 Å². The van der Waals surface area contributed by atoms with Gasteiger partial charge in [0.25, 0.3) is 0 Å². The fourth-order valence-electron chi connectivity index (χ4n) is 9.06. The number of hydrogen-bond donors (Lipinski definition) is 3. The van der Waals surface area contributed by atoms with E-state index in [1.165, 1.54) is 65.6 Å². The van der Waals surface area contributed by atoms with Crippen LogP contribution in [0.1, 0.15) is 163 Å². The Morgan fingerprint density at radius 1 is 0.692 bits per heavy atom. The Labute approximate surface area is 417 Å². The molecule has 373 valence electrons. The van der Waals surface area contributed by atoms with Crippen LogP contribution in [0.3, 0.4) is 0 Å². The normalized spacial score (nSPS) is 25.6. The van der Waals surface area contributed by atoms with Gasteiger partial charge in [0, 0.05) is 56.5 Å². The van der Waals surface area contributed by atoms with Crippen LogP contribution in [0.5, 0.6) is 0 Å². The number of ether oxygens (including phenoxy) is 2. The zero-order valence-corrected chi connectivity index (χ0v) is 46.9. The van der Waals surface area contributed by atoms with E-state index in [0.29, 0.717) is 66.6 Å². The maximum absolute atomic E-state index is 12.5. The minimum absolute atomic E-state index is 0. The van der Waals surface area contributed by atoms with Gasteiger partial charge < -0.3 is 32.2 Å². The summed E-state index contributed by atoms with van der Waals surface area (Å²) in [6.45, 7) is 11.0. The van der Waals surface area contributed by atoms with Crippen molar-refractivity contribution in [1.82, 2.24) is 0 Å². The number of aliphatic hydroxyl groups is 3. The second kappa shape index (κ2) is 38.1. The first-order chi connectivity index (χ1) is 30.6. The van der Waals surface area contributed by atoms with E-state index >= 15 is 0 Å². The number of carbonyl (C=O) groups excluding carboxylic acids is 3. The van der Waals surface area contributed by atoms with Crippen molar-refractivity contribution in [2.45, 2.75) is 175 Å². The third-order valence-corrected chi connectivity index (χ3v) is 13.4. The van der Waals surface area contributed by atoms with Gasteiger partial charge in [-0.3, -0.25) is 14.4 Å². The third kappa shape index (κ3) is 29.9. The van der Waals surface area contributed by atoms with Crippen molar-refractivity contribution < 1.29 is 69.8 Å². The Kier molecular flexibility index (Phi) is 37.7. The molecule has 0 heterocycles. The van der Waals surface area contributed by atoms with Crippen molar-refractivity contribution in [1.29, 1.82) is 0 Å². The molecule has 0 aromatic rings. The molecule has 4 saturated carbocycles. The molecular weight excluding hydrogens is 1010 g/mol. The SMILES string of the molecule is CO.COC(=O)CCCCCC[C@@H]1[C@@H](/C=C/C(=O)[C@@H](C)CC#CC2CC2)[C@H](C)C[C@@H]1C.COC(=O)CCCCCC[C@@H]1[C@@H](/C=C/[C@@H](O)[C@@H](C)CC#CC2CC2)[C@H](O)C[C@@H]1C.[CH3-].[Cl][Ce]([Cl])[Cl]. The molecule has 0 amide bonds. The third-order valence-electron chi connectivity index (χ3n) is 13.4. The van der Waals surface area contributed by atoms with Gasteiger partial charge in [0.05, 0.1) is 26.4 Å². The summed E-state index contributed by atoms with van der Waals surface area (Å²) in [5.74, 6) is 17.8. The molecule has 0 aromatic heterocycles. The number of carbonyl (C=O) groups is 3. The molecule has 12 heteroatoms. The summed E-state index contributed by atoms with van der Waals surface area (Å²) < 4.78 is 9.37. The summed E-state index contributed by atoms with van der Waals surface area (Å²) in [6.07, 6.45) is 27.5. The van der Waals surface area contributed by atoms with E-state index in [2.05, 4.69) is 61.3 Å². The number of methoxy groups -OCH3 is 2. The summed E-state index contributed by atoms with van der Waals surface area (Å²) in [7, 11) is 3.88. The van der Waals surface area contributed by atoms with Gasteiger partial charge in [0.1, 0.15) is 0 Å². The van der Waals surface area contributed by atoms with Crippen molar-refractivity contribution in [2.24, 2.45) is 65.1 Å². The fraction of sp³-hybridized carbons (Fsp3) is 0.774. The molecule has 0 bridgehead atoms. The Bertz CT molecular complexity index is 1490. The summed E-state index contributed by atoms with van der Waals surface area (Å²) in [5.41, 5.74) is 15.1. The van der Waals surface area contributed by atoms with Crippen LogP contribution in [0.4, 0.5) is 0 Å². The molecule has 65 heavy (non-hydrogen) atoms. The molecule has 4 aliphatic carbocycles. The van der Waals surface area contributed by atoms with Crippen molar-refractivity contribution in [3.8, 4) is 23.7 Å². The second-order valence-corrected chi connectivity index (χ2v) is 32.7. The number of halogens is 3. The summed E-state index contributed by atoms with van der Waals surface area (Å²) >= 11 is -2.24. The molecule has 0 spiro atoms. The summed E-state index contributed by atoms with van der Waals surface area (Å²) in [6, 6.07) is 0. The van der Waals surface area contributed by atoms with Crippen molar-refractivity contribution >= 4 is 34.6 Å². The van der Waals surface area contributed by atoms with E-state index < -0.39 is 36.8 Å².